The predicted octanol–water partition coefficient (Wildman–Crippen LogP) is 5.93. The zero-order valence-corrected chi connectivity index (χ0v) is 18.5. The first-order valence-electron chi connectivity index (χ1n) is 8.88. The molecule has 0 amide bonds. The van der Waals surface area contributed by atoms with Gasteiger partial charge in [-0.15, -0.1) is 11.3 Å². The molecule has 2 aromatic heterocycles. The SMILES string of the molecule is O=C(O)CCc1cn(S(=O)(=O)c2ccc(-c3cccc(Cl)c3)s2)c2ccc(Cl)cc12. The first-order valence-corrected chi connectivity index (χ1v) is 11.9. The second-order valence-corrected chi connectivity index (χ2v) is 10.6. The van der Waals surface area contributed by atoms with Gasteiger partial charge in [-0.1, -0.05) is 35.3 Å². The number of rotatable bonds is 6. The Morgan fingerprint density at radius 2 is 1.80 bits per heavy atom. The number of hydrogen-bond donors (Lipinski definition) is 1. The highest BCUT2D eigenvalue weighted by molar-refractivity contribution is 7.92. The minimum atomic E-state index is -3.88. The molecule has 4 aromatic rings. The number of thiophene rings is 1. The van der Waals surface area contributed by atoms with Crippen molar-refractivity contribution in [3.05, 3.63) is 76.4 Å². The Labute approximate surface area is 187 Å². The maximum Gasteiger partial charge on any atom is 0.303 e. The molecular formula is C21H15Cl2NO4S2. The molecule has 0 spiro atoms. The fraction of sp³-hybridized carbons (Fsp3) is 0.0952. The zero-order chi connectivity index (χ0) is 21.5. The molecule has 0 saturated carbocycles. The minimum absolute atomic E-state index is 0.108. The van der Waals surface area contributed by atoms with Crippen LogP contribution in [0.2, 0.25) is 10.0 Å². The third-order valence-electron chi connectivity index (χ3n) is 4.63. The number of aliphatic carboxylic acids is 1. The number of hydrogen-bond acceptors (Lipinski definition) is 4. The number of fused-ring (bicyclic) bond motifs is 1. The predicted molar refractivity (Wildman–Crippen MR) is 120 cm³/mol. The van der Waals surface area contributed by atoms with Gasteiger partial charge < -0.3 is 5.11 Å². The van der Waals surface area contributed by atoms with Crippen molar-refractivity contribution in [2.24, 2.45) is 0 Å². The van der Waals surface area contributed by atoms with Crippen LogP contribution in [0.1, 0.15) is 12.0 Å². The van der Waals surface area contributed by atoms with E-state index in [0.717, 1.165) is 21.8 Å². The number of carboxylic acids is 1. The molecule has 1 N–H and O–H groups in total. The van der Waals surface area contributed by atoms with Crippen LogP contribution in [0.5, 0.6) is 0 Å². The van der Waals surface area contributed by atoms with Gasteiger partial charge in [0.25, 0.3) is 10.0 Å². The first kappa shape index (κ1) is 20.9. The van der Waals surface area contributed by atoms with Crippen LogP contribution in [0.25, 0.3) is 21.3 Å². The lowest BCUT2D eigenvalue weighted by atomic mass is 10.1. The Morgan fingerprint density at radius 1 is 1.03 bits per heavy atom. The maximum atomic E-state index is 13.4. The second kappa shape index (κ2) is 8.07. The van der Waals surface area contributed by atoms with Gasteiger partial charge in [-0.3, -0.25) is 4.79 Å². The summed E-state index contributed by atoms with van der Waals surface area (Å²) in [6.45, 7) is 0. The number of benzene rings is 2. The second-order valence-electron chi connectivity index (χ2n) is 6.64. The van der Waals surface area contributed by atoms with Gasteiger partial charge in [-0.2, -0.15) is 8.42 Å². The molecule has 2 aromatic carbocycles. The zero-order valence-electron chi connectivity index (χ0n) is 15.4. The van der Waals surface area contributed by atoms with E-state index < -0.39 is 16.0 Å². The fourth-order valence-electron chi connectivity index (χ4n) is 3.23. The lowest BCUT2D eigenvalue weighted by Gasteiger charge is -2.05. The summed E-state index contributed by atoms with van der Waals surface area (Å²) in [5, 5.41) is 10.7. The highest BCUT2D eigenvalue weighted by Gasteiger charge is 2.24. The van der Waals surface area contributed by atoms with E-state index in [1.54, 1.807) is 42.5 Å². The molecule has 4 rings (SSSR count). The number of aryl methyl sites for hydroxylation is 1. The van der Waals surface area contributed by atoms with Crippen molar-refractivity contribution in [1.82, 2.24) is 3.97 Å². The number of nitrogens with zero attached hydrogens (tertiary/aromatic N) is 1. The molecule has 0 aliphatic heterocycles. The normalized spacial score (nSPS) is 11.8. The summed E-state index contributed by atoms with van der Waals surface area (Å²) >= 11 is 13.3. The van der Waals surface area contributed by atoms with Crippen molar-refractivity contribution in [2.45, 2.75) is 17.1 Å². The van der Waals surface area contributed by atoms with Crippen molar-refractivity contribution in [3.63, 3.8) is 0 Å². The highest BCUT2D eigenvalue weighted by atomic mass is 35.5. The van der Waals surface area contributed by atoms with Gasteiger partial charge in [-0.25, -0.2) is 3.97 Å². The molecule has 0 bridgehead atoms. The lowest BCUT2D eigenvalue weighted by molar-refractivity contribution is -0.136. The number of carboxylic acid groups (broad SMARTS) is 1. The van der Waals surface area contributed by atoms with Crippen LogP contribution in [0.15, 0.2) is 65.0 Å². The van der Waals surface area contributed by atoms with E-state index in [4.69, 9.17) is 28.3 Å². The van der Waals surface area contributed by atoms with Gasteiger partial charge in [0.05, 0.1) is 5.52 Å². The van der Waals surface area contributed by atoms with Crippen molar-refractivity contribution in [1.29, 1.82) is 0 Å². The quantitative estimate of drug-likeness (QED) is 0.371. The summed E-state index contributed by atoms with van der Waals surface area (Å²) in [6.07, 6.45) is 1.58. The third-order valence-corrected chi connectivity index (χ3v) is 8.37. The standard InChI is InChI=1S/C21H15Cl2NO4S2/c22-15-3-1-2-13(10-15)19-7-9-21(29-19)30(27,28)24-12-14(4-8-20(25)26)17-11-16(23)5-6-18(17)24/h1-3,5-7,9-12H,4,8H2,(H,25,26). The summed E-state index contributed by atoms with van der Waals surface area (Å²) in [5.74, 6) is -0.954. The van der Waals surface area contributed by atoms with Gasteiger partial charge in [-0.05, 0) is 60.0 Å². The Bertz CT molecular complexity index is 1370. The molecule has 5 nitrogen and oxygen atoms in total. The fourth-order valence-corrected chi connectivity index (χ4v) is 6.38. The van der Waals surface area contributed by atoms with Crippen LogP contribution in [0.4, 0.5) is 0 Å². The van der Waals surface area contributed by atoms with Gasteiger partial charge in [0.15, 0.2) is 0 Å². The highest BCUT2D eigenvalue weighted by Crippen LogP contribution is 2.35. The van der Waals surface area contributed by atoms with Crippen LogP contribution >= 0.6 is 34.5 Å². The van der Waals surface area contributed by atoms with Crippen molar-refractivity contribution < 1.29 is 18.3 Å². The monoisotopic (exact) mass is 479 g/mol. The Hall–Kier alpha value is -2.32. The topological polar surface area (TPSA) is 76.4 Å². The molecule has 30 heavy (non-hydrogen) atoms. The Kier molecular flexibility index (Phi) is 5.63. The van der Waals surface area contributed by atoms with Crippen LogP contribution < -0.4 is 0 Å². The number of aromatic nitrogens is 1. The first-order chi connectivity index (χ1) is 14.3. The van der Waals surface area contributed by atoms with Crippen LogP contribution in [-0.2, 0) is 21.2 Å². The van der Waals surface area contributed by atoms with E-state index in [1.807, 2.05) is 12.1 Å². The largest absolute Gasteiger partial charge is 0.481 e. The van der Waals surface area contributed by atoms with Gasteiger partial charge in [0, 0.05) is 32.9 Å². The molecule has 0 saturated heterocycles. The molecule has 0 aliphatic rings. The molecule has 2 heterocycles. The van der Waals surface area contributed by atoms with Crippen molar-refractivity contribution in [2.75, 3.05) is 0 Å². The number of carbonyl (C=O) groups is 1. The minimum Gasteiger partial charge on any atom is -0.481 e. The summed E-state index contributed by atoms with van der Waals surface area (Å²) in [5.41, 5.74) is 1.91. The Morgan fingerprint density at radius 3 is 2.53 bits per heavy atom. The summed E-state index contributed by atoms with van der Waals surface area (Å²) in [6, 6.07) is 15.4. The summed E-state index contributed by atoms with van der Waals surface area (Å²) in [7, 11) is -3.88. The molecule has 0 radical (unpaired) electrons. The molecule has 0 aliphatic carbocycles. The summed E-state index contributed by atoms with van der Waals surface area (Å²) < 4.78 is 28.2. The molecule has 0 unspecified atom stereocenters. The molecule has 0 fully saturated rings. The molecule has 9 heteroatoms. The average molecular weight is 480 g/mol. The smallest absolute Gasteiger partial charge is 0.303 e. The lowest BCUT2D eigenvalue weighted by Crippen LogP contribution is -2.10. The third kappa shape index (κ3) is 3.98. The van der Waals surface area contributed by atoms with Crippen molar-refractivity contribution >= 4 is 61.4 Å². The maximum absolute atomic E-state index is 13.4. The molecular weight excluding hydrogens is 465 g/mol. The van der Waals surface area contributed by atoms with Crippen LogP contribution in [0.3, 0.4) is 0 Å². The van der Waals surface area contributed by atoms with Gasteiger partial charge >= 0.3 is 5.97 Å². The van der Waals surface area contributed by atoms with Crippen molar-refractivity contribution in [3.8, 4) is 10.4 Å². The van der Waals surface area contributed by atoms with Gasteiger partial charge in [0.1, 0.15) is 4.21 Å². The number of halogens is 2. The molecule has 0 atom stereocenters. The van der Waals surface area contributed by atoms with E-state index in [0.29, 0.717) is 26.5 Å². The van der Waals surface area contributed by atoms with E-state index in [9.17, 15) is 13.2 Å². The van der Waals surface area contributed by atoms with Crippen LogP contribution in [0, 0.1) is 0 Å². The van der Waals surface area contributed by atoms with E-state index in [1.165, 1.54) is 10.2 Å². The van der Waals surface area contributed by atoms with E-state index in [-0.39, 0.29) is 17.1 Å². The van der Waals surface area contributed by atoms with E-state index in [2.05, 4.69) is 0 Å². The van der Waals surface area contributed by atoms with E-state index >= 15 is 0 Å². The summed E-state index contributed by atoms with van der Waals surface area (Å²) in [4.78, 5) is 11.8. The van der Waals surface area contributed by atoms with Gasteiger partial charge in [0.2, 0.25) is 0 Å². The Balaban J connectivity index is 1.80. The average Bonchev–Trinajstić information content (AvgIpc) is 3.32. The molecule has 154 valence electrons. The van der Waals surface area contributed by atoms with Crippen LogP contribution in [-0.4, -0.2) is 23.5 Å².